The summed E-state index contributed by atoms with van der Waals surface area (Å²) < 4.78 is 0. The van der Waals surface area contributed by atoms with Crippen molar-refractivity contribution in [1.29, 1.82) is 0 Å². The lowest BCUT2D eigenvalue weighted by molar-refractivity contribution is 0.341. The van der Waals surface area contributed by atoms with Gasteiger partial charge in [-0.2, -0.15) is 12.6 Å². The maximum atomic E-state index is 4.13. The lowest BCUT2D eigenvalue weighted by Crippen LogP contribution is -2.35. The summed E-state index contributed by atoms with van der Waals surface area (Å²) in [5.41, 5.74) is 0. The number of thiol groups is 1. The van der Waals surface area contributed by atoms with E-state index in [0.29, 0.717) is 0 Å². The first-order valence-corrected chi connectivity index (χ1v) is 4.41. The van der Waals surface area contributed by atoms with Crippen molar-refractivity contribution in [2.75, 3.05) is 12.3 Å². The molecule has 54 valence electrons. The van der Waals surface area contributed by atoms with Crippen LogP contribution in [0.3, 0.4) is 0 Å². The number of nitrogens with one attached hydrogen (secondary N) is 1. The van der Waals surface area contributed by atoms with Crippen molar-refractivity contribution in [3.05, 3.63) is 0 Å². The number of hydrogen-bond acceptors (Lipinski definition) is 2. The minimum absolute atomic E-state index is 0.852. The zero-order valence-electron chi connectivity index (χ0n) is 5.77. The lowest BCUT2D eigenvalue weighted by atomic mass is 9.93. The van der Waals surface area contributed by atoms with Crippen LogP contribution in [0.5, 0.6) is 0 Å². The predicted molar refractivity (Wildman–Crippen MR) is 44.1 cm³/mol. The highest BCUT2D eigenvalue weighted by atomic mass is 32.1. The topological polar surface area (TPSA) is 12.0 Å². The second kappa shape index (κ2) is 4.18. The Morgan fingerprint density at radius 2 is 2.22 bits per heavy atom. The fourth-order valence-electron chi connectivity index (χ4n) is 0.998. The zero-order chi connectivity index (χ0) is 6.53. The summed E-state index contributed by atoms with van der Waals surface area (Å²) in [6.07, 6.45) is 5.43. The van der Waals surface area contributed by atoms with Gasteiger partial charge in [-0.1, -0.05) is 6.42 Å². The van der Waals surface area contributed by atoms with Crippen molar-refractivity contribution in [3.8, 4) is 0 Å². The van der Waals surface area contributed by atoms with E-state index >= 15 is 0 Å². The maximum absolute atomic E-state index is 4.13. The Balaban J connectivity index is 1.80. The van der Waals surface area contributed by atoms with E-state index in [4.69, 9.17) is 0 Å². The van der Waals surface area contributed by atoms with Crippen LogP contribution in [0.4, 0.5) is 0 Å². The lowest BCUT2D eigenvalue weighted by Gasteiger charge is -2.26. The SMILES string of the molecule is SCCCNC1CCC1. The van der Waals surface area contributed by atoms with Crippen LogP contribution >= 0.6 is 12.6 Å². The second-order valence-corrected chi connectivity index (χ2v) is 3.11. The van der Waals surface area contributed by atoms with E-state index in [-0.39, 0.29) is 0 Å². The quantitative estimate of drug-likeness (QED) is 0.451. The molecule has 1 saturated carbocycles. The highest BCUT2D eigenvalue weighted by molar-refractivity contribution is 7.80. The summed E-state index contributed by atoms with van der Waals surface area (Å²) in [5.74, 6) is 1.01. The molecule has 0 spiro atoms. The van der Waals surface area contributed by atoms with Gasteiger partial charge in [-0.3, -0.25) is 0 Å². The summed E-state index contributed by atoms with van der Waals surface area (Å²) in [4.78, 5) is 0. The number of hydrogen-bond donors (Lipinski definition) is 2. The monoisotopic (exact) mass is 145 g/mol. The third kappa shape index (κ3) is 2.59. The molecule has 0 saturated heterocycles. The van der Waals surface area contributed by atoms with Crippen molar-refractivity contribution >= 4 is 12.6 Å². The molecule has 0 heterocycles. The average Bonchev–Trinajstić information content (AvgIpc) is 1.76. The van der Waals surface area contributed by atoms with Crippen LogP contribution in [0.25, 0.3) is 0 Å². The van der Waals surface area contributed by atoms with E-state index in [1.165, 1.54) is 25.7 Å². The van der Waals surface area contributed by atoms with Crippen LogP contribution in [0.1, 0.15) is 25.7 Å². The third-order valence-electron chi connectivity index (χ3n) is 1.87. The average molecular weight is 145 g/mol. The molecule has 9 heavy (non-hydrogen) atoms. The van der Waals surface area contributed by atoms with Gasteiger partial charge in [0.05, 0.1) is 0 Å². The summed E-state index contributed by atoms with van der Waals surface area (Å²) in [5, 5.41) is 3.47. The van der Waals surface area contributed by atoms with Gasteiger partial charge >= 0.3 is 0 Å². The molecular formula is C7H15NS. The summed E-state index contributed by atoms with van der Waals surface area (Å²) in [7, 11) is 0. The first-order valence-electron chi connectivity index (χ1n) is 3.77. The molecular weight excluding hydrogens is 130 g/mol. The first kappa shape index (κ1) is 7.42. The van der Waals surface area contributed by atoms with Crippen molar-refractivity contribution in [2.24, 2.45) is 0 Å². The highest BCUT2D eigenvalue weighted by Gasteiger charge is 2.15. The molecule has 0 aromatic carbocycles. The van der Waals surface area contributed by atoms with Crippen molar-refractivity contribution < 1.29 is 0 Å². The highest BCUT2D eigenvalue weighted by Crippen LogP contribution is 2.17. The van der Waals surface area contributed by atoms with E-state index in [2.05, 4.69) is 17.9 Å². The Morgan fingerprint density at radius 1 is 1.44 bits per heavy atom. The fraction of sp³-hybridized carbons (Fsp3) is 1.00. The van der Waals surface area contributed by atoms with Crippen LogP contribution < -0.4 is 5.32 Å². The normalized spacial score (nSPS) is 19.7. The van der Waals surface area contributed by atoms with Gasteiger partial charge in [0.2, 0.25) is 0 Å². The largest absolute Gasteiger partial charge is 0.314 e. The molecule has 0 aromatic heterocycles. The van der Waals surface area contributed by atoms with Gasteiger partial charge in [-0.05, 0) is 31.6 Å². The molecule has 1 N–H and O–H groups in total. The van der Waals surface area contributed by atoms with Crippen LogP contribution in [-0.2, 0) is 0 Å². The first-order chi connectivity index (χ1) is 4.43. The van der Waals surface area contributed by atoms with Crippen molar-refractivity contribution in [3.63, 3.8) is 0 Å². The standard InChI is InChI=1S/C7H15NS/c9-6-2-5-8-7-3-1-4-7/h7-9H,1-6H2. The van der Waals surface area contributed by atoms with E-state index in [1.807, 2.05) is 0 Å². The molecule has 0 aliphatic heterocycles. The Hall–Kier alpha value is 0.310. The fourth-order valence-corrected chi connectivity index (χ4v) is 1.16. The Kier molecular flexibility index (Phi) is 3.44. The Morgan fingerprint density at radius 3 is 2.67 bits per heavy atom. The minimum Gasteiger partial charge on any atom is -0.314 e. The molecule has 1 aliphatic rings. The molecule has 0 unspecified atom stereocenters. The molecule has 1 rings (SSSR count). The van der Waals surface area contributed by atoms with Crippen LogP contribution in [0.15, 0.2) is 0 Å². The van der Waals surface area contributed by atoms with E-state index < -0.39 is 0 Å². The van der Waals surface area contributed by atoms with Gasteiger partial charge in [0.1, 0.15) is 0 Å². The molecule has 1 fully saturated rings. The molecule has 1 aliphatic carbocycles. The zero-order valence-corrected chi connectivity index (χ0v) is 6.66. The summed E-state index contributed by atoms with van der Waals surface area (Å²) in [6, 6.07) is 0.852. The van der Waals surface area contributed by atoms with Crippen LogP contribution in [0.2, 0.25) is 0 Å². The summed E-state index contributed by atoms with van der Waals surface area (Å²) in [6.45, 7) is 1.16. The Labute approximate surface area is 62.6 Å². The van der Waals surface area contributed by atoms with Gasteiger partial charge in [-0.25, -0.2) is 0 Å². The van der Waals surface area contributed by atoms with Gasteiger partial charge < -0.3 is 5.32 Å². The molecule has 0 atom stereocenters. The second-order valence-electron chi connectivity index (χ2n) is 2.66. The maximum Gasteiger partial charge on any atom is 0.00670 e. The van der Waals surface area contributed by atoms with E-state index in [9.17, 15) is 0 Å². The van der Waals surface area contributed by atoms with Crippen molar-refractivity contribution in [2.45, 2.75) is 31.7 Å². The van der Waals surface area contributed by atoms with Crippen LogP contribution in [0, 0.1) is 0 Å². The minimum atomic E-state index is 0.852. The van der Waals surface area contributed by atoms with Gasteiger partial charge in [-0.15, -0.1) is 0 Å². The molecule has 0 bridgehead atoms. The van der Waals surface area contributed by atoms with Gasteiger partial charge in [0.25, 0.3) is 0 Å². The molecule has 2 heteroatoms. The van der Waals surface area contributed by atoms with Gasteiger partial charge in [0.15, 0.2) is 0 Å². The number of rotatable bonds is 4. The molecule has 0 radical (unpaired) electrons. The van der Waals surface area contributed by atoms with Crippen LogP contribution in [-0.4, -0.2) is 18.3 Å². The van der Waals surface area contributed by atoms with E-state index in [0.717, 1.165) is 18.3 Å². The summed E-state index contributed by atoms with van der Waals surface area (Å²) >= 11 is 4.13. The van der Waals surface area contributed by atoms with E-state index in [1.54, 1.807) is 0 Å². The molecule has 0 aromatic rings. The smallest absolute Gasteiger partial charge is 0.00670 e. The molecule has 1 nitrogen and oxygen atoms in total. The molecule has 0 amide bonds. The van der Waals surface area contributed by atoms with Crippen molar-refractivity contribution in [1.82, 2.24) is 5.32 Å². The Bertz CT molecular complexity index is 71.3. The predicted octanol–water partition coefficient (Wildman–Crippen LogP) is 1.45. The van der Waals surface area contributed by atoms with Gasteiger partial charge in [0, 0.05) is 6.04 Å². The third-order valence-corrected chi connectivity index (χ3v) is 2.19.